The second kappa shape index (κ2) is 1.85. The van der Waals surface area contributed by atoms with E-state index in [1.807, 2.05) is 18.8 Å². The van der Waals surface area contributed by atoms with Crippen molar-refractivity contribution in [3.05, 3.63) is 0 Å². The standard InChI is InChI=1S/C4H9NS/c1-5-4-2-3-6-4/h4-5H,2-3H2,1H3. The van der Waals surface area contributed by atoms with E-state index in [0.29, 0.717) is 0 Å². The summed E-state index contributed by atoms with van der Waals surface area (Å²) in [5, 5.41) is 3.95. The molecule has 0 bridgehead atoms. The Kier molecular flexibility index (Phi) is 1.37. The molecular formula is C4H9NS. The molecule has 1 rings (SSSR count). The Bertz CT molecular complexity index is 40.1. The summed E-state index contributed by atoms with van der Waals surface area (Å²) in [4.78, 5) is 0. The summed E-state index contributed by atoms with van der Waals surface area (Å²) in [5.41, 5.74) is 0. The van der Waals surface area contributed by atoms with E-state index in [1.165, 1.54) is 12.2 Å². The Hall–Kier alpha value is 0.310. The second-order valence-corrected chi connectivity index (χ2v) is 2.75. The van der Waals surface area contributed by atoms with Gasteiger partial charge in [0.1, 0.15) is 0 Å². The van der Waals surface area contributed by atoms with Gasteiger partial charge >= 0.3 is 0 Å². The van der Waals surface area contributed by atoms with Crippen LogP contribution in [0.2, 0.25) is 0 Å². The molecule has 36 valence electrons. The third kappa shape index (κ3) is 0.684. The summed E-state index contributed by atoms with van der Waals surface area (Å²) in [6, 6.07) is 0. The molecule has 1 fully saturated rings. The zero-order chi connectivity index (χ0) is 4.41. The first-order valence-corrected chi connectivity index (χ1v) is 3.27. The molecule has 1 N–H and O–H groups in total. The van der Waals surface area contributed by atoms with Crippen molar-refractivity contribution in [2.75, 3.05) is 12.8 Å². The van der Waals surface area contributed by atoms with Crippen LogP contribution in [0.15, 0.2) is 0 Å². The van der Waals surface area contributed by atoms with Crippen LogP contribution >= 0.6 is 11.8 Å². The first-order chi connectivity index (χ1) is 2.93. The van der Waals surface area contributed by atoms with E-state index in [-0.39, 0.29) is 0 Å². The molecule has 0 aromatic heterocycles. The summed E-state index contributed by atoms with van der Waals surface area (Å²) in [7, 11) is 2.01. The van der Waals surface area contributed by atoms with Gasteiger partial charge in [-0.3, -0.25) is 0 Å². The second-order valence-electron chi connectivity index (χ2n) is 1.44. The molecule has 1 heterocycles. The van der Waals surface area contributed by atoms with Gasteiger partial charge in [-0.25, -0.2) is 0 Å². The van der Waals surface area contributed by atoms with Crippen LogP contribution in [0.3, 0.4) is 0 Å². The maximum atomic E-state index is 3.16. The minimum absolute atomic E-state index is 0.782. The molecular weight excluding hydrogens is 94.1 g/mol. The highest BCUT2D eigenvalue weighted by molar-refractivity contribution is 8.01. The van der Waals surface area contributed by atoms with E-state index in [1.54, 1.807) is 0 Å². The van der Waals surface area contributed by atoms with Crippen LogP contribution in [0.5, 0.6) is 0 Å². The predicted molar refractivity (Wildman–Crippen MR) is 29.9 cm³/mol. The number of hydrogen-bond acceptors (Lipinski definition) is 2. The van der Waals surface area contributed by atoms with Crippen molar-refractivity contribution in [1.82, 2.24) is 5.32 Å². The highest BCUT2D eigenvalue weighted by atomic mass is 32.2. The zero-order valence-electron chi connectivity index (χ0n) is 3.90. The maximum absolute atomic E-state index is 3.16. The predicted octanol–water partition coefficient (Wildman–Crippen LogP) is 0.669. The summed E-state index contributed by atoms with van der Waals surface area (Å²) < 4.78 is 0. The molecule has 0 saturated carbocycles. The summed E-state index contributed by atoms with van der Waals surface area (Å²) in [5.74, 6) is 1.35. The fourth-order valence-electron chi connectivity index (χ4n) is 0.463. The third-order valence-electron chi connectivity index (χ3n) is 1.02. The first kappa shape index (κ1) is 4.47. The molecule has 0 spiro atoms. The van der Waals surface area contributed by atoms with Crippen LogP contribution in [0, 0.1) is 0 Å². The smallest absolute Gasteiger partial charge is 0.0537 e. The molecule has 0 radical (unpaired) electrons. The van der Waals surface area contributed by atoms with Crippen LogP contribution in [-0.4, -0.2) is 18.2 Å². The molecule has 1 saturated heterocycles. The van der Waals surface area contributed by atoms with Crippen LogP contribution in [-0.2, 0) is 0 Å². The Morgan fingerprint density at radius 3 is 2.50 bits per heavy atom. The lowest BCUT2D eigenvalue weighted by Crippen LogP contribution is -2.29. The van der Waals surface area contributed by atoms with E-state index in [0.717, 1.165) is 5.37 Å². The monoisotopic (exact) mass is 103 g/mol. The summed E-state index contributed by atoms with van der Waals surface area (Å²) in [6.45, 7) is 0. The lowest BCUT2D eigenvalue weighted by atomic mass is 10.4. The van der Waals surface area contributed by atoms with Gasteiger partial charge in [0, 0.05) is 0 Å². The third-order valence-corrected chi connectivity index (χ3v) is 2.37. The fourth-order valence-corrected chi connectivity index (χ4v) is 1.10. The number of nitrogens with one attached hydrogen (secondary N) is 1. The highest BCUT2D eigenvalue weighted by Crippen LogP contribution is 2.23. The quantitative estimate of drug-likeness (QED) is 0.523. The average Bonchev–Trinajstić information content (AvgIpc) is 1.31. The topological polar surface area (TPSA) is 12.0 Å². The van der Waals surface area contributed by atoms with Crippen molar-refractivity contribution in [1.29, 1.82) is 0 Å². The van der Waals surface area contributed by atoms with Crippen molar-refractivity contribution in [3.8, 4) is 0 Å². The van der Waals surface area contributed by atoms with Crippen molar-refractivity contribution in [3.63, 3.8) is 0 Å². The van der Waals surface area contributed by atoms with Gasteiger partial charge in [-0.05, 0) is 19.2 Å². The molecule has 0 aromatic rings. The molecule has 6 heavy (non-hydrogen) atoms. The largest absolute Gasteiger partial charge is 0.308 e. The molecule has 1 nitrogen and oxygen atoms in total. The van der Waals surface area contributed by atoms with Gasteiger partial charge in [-0.2, -0.15) is 0 Å². The van der Waals surface area contributed by atoms with E-state index in [4.69, 9.17) is 0 Å². The Morgan fingerprint density at radius 2 is 2.50 bits per heavy atom. The lowest BCUT2D eigenvalue weighted by molar-refractivity contribution is 0.687. The number of rotatable bonds is 1. The molecule has 1 atom stereocenters. The van der Waals surface area contributed by atoms with E-state index in [9.17, 15) is 0 Å². The SMILES string of the molecule is CNC1CCS1. The fraction of sp³-hybridized carbons (Fsp3) is 1.00. The Morgan fingerprint density at radius 1 is 1.83 bits per heavy atom. The van der Waals surface area contributed by atoms with E-state index >= 15 is 0 Å². The maximum Gasteiger partial charge on any atom is 0.0537 e. The highest BCUT2D eigenvalue weighted by Gasteiger charge is 2.13. The number of hydrogen-bond donors (Lipinski definition) is 1. The van der Waals surface area contributed by atoms with Gasteiger partial charge < -0.3 is 5.32 Å². The average molecular weight is 103 g/mol. The summed E-state index contributed by atoms with van der Waals surface area (Å²) in [6.07, 6.45) is 1.36. The first-order valence-electron chi connectivity index (χ1n) is 2.22. The van der Waals surface area contributed by atoms with Gasteiger partial charge in [0.15, 0.2) is 0 Å². The number of thioether (sulfide) groups is 1. The minimum atomic E-state index is 0.782. The Labute approximate surface area is 42.5 Å². The van der Waals surface area contributed by atoms with Crippen LogP contribution < -0.4 is 5.32 Å². The normalized spacial score (nSPS) is 32.5. The van der Waals surface area contributed by atoms with Gasteiger partial charge in [-0.1, -0.05) is 0 Å². The Balaban J connectivity index is 2.01. The van der Waals surface area contributed by atoms with Crippen LogP contribution in [0.1, 0.15) is 6.42 Å². The van der Waals surface area contributed by atoms with Crippen molar-refractivity contribution < 1.29 is 0 Å². The van der Waals surface area contributed by atoms with E-state index < -0.39 is 0 Å². The minimum Gasteiger partial charge on any atom is -0.308 e. The lowest BCUT2D eigenvalue weighted by Gasteiger charge is -2.23. The van der Waals surface area contributed by atoms with Crippen molar-refractivity contribution in [2.24, 2.45) is 0 Å². The summed E-state index contributed by atoms with van der Waals surface area (Å²) >= 11 is 1.99. The zero-order valence-corrected chi connectivity index (χ0v) is 4.72. The van der Waals surface area contributed by atoms with Gasteiger partial charge in [-0.15, -0.1) is 11.8 Å². The molecule has 0 aromatic carbocycles. The molecule has 1 unspecified atom stereocenters. The van der Waals surface area contributed by atoms with Gasteiger partial charge in [0.25, 0.3) is 0 Å². The van der Waals surface area contributed by atoms with Crippen LogP contribution in [0.4, 0.5) is 0 Å². The van der Waals surface area contributed by atoms with E-state index in [2.05, 4.69) is 5.32 Å². The molecule has 1 aliphatic rings. The van der Waals surface area contributed by atoms with Gasteiger partial charge in [0.05, 0.1) is 5.37 Å². The van der Waals surface area contributed by atoms with Gasteiger partial charge in [0.2, 0.25) is 0 Å². The van der Waals surface area contributed by atoms with Crippen molar-refractivity contribution >= 4 is 11.8 Å². The molecule has 0 amide bonds. The molecule has 0 aliphatic carbocycles. The molecule has 2 heteroatoms. The van der Waals surface area contributed by atoms with Crippen molar-refractivity contribution in [2.45, 2.75) is 11.8 Å². The van der Waals surface area contributed by atoms with Crippen LogP contribution in [0.25, 0.3) is 0 Å². The molecule has 1 aliphatic heterocycles.